The highest BCUT2D eigenvalue weighted by Gasteiger charge is 2.29. The first-order valence-electron chi connectivity index (χ1n) is 11.5. The normalized spacial score (nSPS) is 20.4. The molecule has 2 aliphatic heterocycles. The molecule has 0 spiro atoms. The van der Waals surface area contributed by atoms with Gasteiger partial charge in [-0.2, -0.15) is 0 Å². The lowest BCUT2D eigenvalue weighted by Gasteiger charge is -2.35. The van der Waals surface area contributed by atoms with Gasteiger partial charge >= 0.3 is 0 Å². The third kappa shape index (κ3) is 4.83. The van der Waals surface area contributed by atoms with Crippen LogP contribution in [0.25, 0.3) is 11.0 Å². The Morgan fingerprint density at radius 1 is 1.15 bits per heavy atom. The van der Waals surface area contributed by atoms with Gasteiger partial charge in [0, 0.05) is 44.4 Å². The van der Waals surface area contributed by atoms with Crippen molar-refractivity contribution < 1.29 is 18.6 Å². The Morgan fingerprint density at radius 2 is 2.00 bits per heavy atom. The summed E-state index contributed by atoms with van der Waals surface area (Å²) in [6.45, 7) is 3.59. The standard InChI is InChI=1S/C24H28FN5O4/c1-32-17-2-3-20-21(11-17)30(24(31)14-28-20)7-6-29-5-4-19(18(25)15-29)27-12-16-10-22-23(13-26-16)34-9-8-33-22/h2-3,10-11,13-14,18-19,27H,4-9,12,15H2,1H3. The Hall–Kier alpha value is -3.24. The van der Waals surface area contributed by atoms with Crippen LogP contribution in [0.2, 0.25) is 0 Å². The zero-order valence-corrected chi connectivity index (χ0v) is 19.1. The van der Waals surface area contributed by atoms with Gasteiger partial charge < -0.3 is 24.1 Å². The molecule has 2 aromatic heterocycles. The topological polar surface area (TPSA) is 90.7 Å². The number of halogens is 1. The van der Waals surface area contributed by atoms with Crippen LogP contribution >= 0.6 is 0 Å². The minimum absolute atomic E-state index is 0.180. The predicted octanol–water partition coefficient (Wildman–Crippen LogP) is 1.77. The van der Waals surface area contributed by atoms with E-state index in [1.54, 1.807) is 17.9 Å². The highest BCUT2D eigenvalue weighted by molar-refractivity contribution is 5.76. The SMILES string of the molecule is COc1ccc2ncc(=O)n(CCN3CCC(NCc4cc5c(cn4)OCCO5)C(F)C3)c2c1. The van der Waals surface area contributed by atoms with Gasteiger partial charge in [0.05, 0.1) is 36.2 Å². The third-order valence-electron chi connectivity index (χ3n) is 6.35. The molecule has 0 aliphatic carbocycles. The average molecular weight is 470 g/mol. The molecule has 1 N–H and O–H groups in total. The Balaban J connectivity index is 1.17. The van der Waals surface area contributed by atoms with Crippen LogP contribution in [0.3, 0.4) is 0 Å². The van der Waals surface area contributed by atoms with Gasteiger partial charge in [-0.25, -0.2) is 9.37 Å². The summed E-state index contributed by atoms with van der Waals surface area (Å²) in [5, 5.41) is 3.30. The smallest absolute Gasteiger partial charge is 0.269 e. The minimum atomic E-state index is -1.02. The largest absolute Gasteiger partial charge is 0.497 e. The maximum absolute atomic E-state index is 15.0. The Kier molecular flexibility index (Phi) is 6.59. The van der Waals surface area contributed by atoms with Crippen molar-refractivity contribution in [3.05, 3.63) is 52.7 Å². The molecule has 1 aromatic carbocycles. The van der Waals surface area contributed by atoms with E-state index in [2.05, 4.69) is 20.2 Å². The van der Waals surface area contributed by atoms with Gasteiger partial charge in [-0.3, -0.25) is 14.7 Å². The lowest BCUT2D eigenvalue weighted by molar-refractivity contribution is 0.100. The van der Waals surface area contributed by atoms with Crippen LogP contribution in [0.1, 0.15) is 12.1 Å². The number of benzene rings is 1. The third-order valence-corrected chi connectivity index (χ3v) is 6.35. The molecule has 0 saturated carbocycles. The first kappa shape index (κ1) is 22.5. The zero-order valence-electron chi connectivity index (χ0n) is 19.1. The van der Waals surface area contributed by atoms with Crippen molar-refractivity contribution in [2.75, 3.05) is 40.0 Å². The number of hydrogen-bond donors (Lipinski definition) is 1. The van der Waals surface area contributed by atoms with Gasteiger partial charge in [-0.15, -0.1) is 0 Å². The summed E-state index contributed by atoms with van der Waals surface area (Å²) in [6, 6.07) is 7.05. The number of ether oxygens (including phenoxy) is 3. The van der Waals surface area contributed by atoms with Gasteiger partial charge in [0.2, 0.25) is 0 Å². The minimum Gasteiger partial charge on any atom is -0.497 e. The summed E-state index contributed by atoms with van der Waals surface area (Å²) in [5.41, 5.74) is 2.05. The number of nitrogens with zero attached hydrogens (tertiary/aromatic N) is 4. The van der Waals surface area contributed by atoms with Crippen LogP contribution in [0.15, 0.2) is 41.5 Å². The molecule has 1 fully saturated rings. The molecule has 34 heavy (non-hydrogen) atoms. The molecule has 2 aliphatic rings. The van der Waals surface area contributed by atoms with Crippen LogP contribution in [0.4, 0.5) is 4.39 Å². The molecular formula is C24H28FN5O4. The first-order chi connectivity index (χ1) is 16.6. The predicted molar refractivity (Wildman–Crippen MR) is 124 cm³/mol. The molecule has 0 radical (unpaired) electrons. The van der Waals surface area contributed by atoms with E-state index in [9.17, 15) is 9.18 Å². The van der Waals surface area contributed by atoms with Crippen LogP contribution in [-0.2, 0) is 13.1 Å². The number of alkyl halides is 1. The number of piperidine rings is 1. The molecule has 5 rings (SSSR count). The number of pyridine rings is 1. The molecule has 9 nitrogen and oxygen atoms in total. The maximum Gasteiger partial charge on any atom is 0.269 e. The van der Waals surface area contributed by atoms with E-state index < -0.39 is 6.17 Å². The number of nitrogens with one attached hydrogen (secondary N) is 1. The van der Waals surface area contributed by atoms with E-state index in [0.717, 1.165) is 17.8 Å². The summed E-state index contributed by atoms with van der Waals surface area (Å²) in [7, 11) is 1.59. The fourth-order valence-electron chi connectivity index (χ4n) is 4.46. The van der Waals surface area contributed by atoms with Crippen molar-refractivity contribution in [1.82, 2.24) is 24.8 Å². The van der Waals surface area contributed by atoms with Crippen molar-refractivity contribution in [3.63, 3.8) is 0 Å². The van der Waals surface area contributed by atoms with Crippen LogP contribution in [0.5, 0.6) is 17.2 Å². The molecule has 2 unspecified atom stereocenters. The van der Waals surface area contributed by atoms with E-state index in [1.165, 1.54) is 6.20 Å². The molecule has 0 amide bonds. The van der Waals surface area contributed by atoms with Crippen LogP contribution in [-0.4, -0.2) is 71.6 Å². The molecule has 10 heteroatoms. The van der Waals surface area contributed by atoms with Crippen molar-refractivity contribution in [3.8, 4) is 17.2 Å². The zero-order chi connectivity index (χ0) is 23.5. The van der Waals surface area contributed by atoms with Gasteiger partial charge in [0.1, 0.15) is 25.1 Å². The Labute approximate surface area is 196 Å². The summed E-state index contributed by atoms with van der Waals surface area (Å²) in [4.78, 5) is 23.1. The van der Waals surface area contributed by atoms with Crippen molar-refractivity contribution >= 4 is 11.0 Å². The quantitative estimate of drug-likeness (QED) is 0.560. The number of hydrogen-bond acceptors (Lipinski definition) is 8. The summed E-state index contributed by atoms with van der Waals surface area (Å²) in [5.74, 6) is 1.99. The second-order valence-corrected chi connectivity index (χ2v) is 8.51. The van der Waals surface area contributed by atoms with Gasteiger partial charge in [-0.1, -0.05) is 0 Å². The second kappa shape index (κ2) is 9.94. The fraction of sp³-hybridized carbons (Fsp3) is 0.458. The molecule has 1 saturated heterocycles. The van der Waals surface area contributed by atoms with E-state index >= 15 is 0 Å². The van der Waals surface area contributed by atoms with E-state index in [4.69, 9.17) is 14.2 Å². The molecular weight excluding hydrogens is 441 g/mol. The fourth-order valence-corrected chi connectivity index (χ4v) is 4.46. The van der Waals surface area contributed by atoms with E-state index in [0.29, 0.717) is 68.6 Å². The Morgan fingerprint density at radius 3 is 2.82 bits per heavy atom. The highest BCUT2D eigenvalue weighted by atomic mass is 19.1. The van der Waals surface area contributed by atoms with E-state index in [1.807, 2.05) is 24.3 Å². The second-order valence-electron chi connectivity index (χ2n) is 8.51. The first-order valence-corrected chi connectivity index (χ1v) is 11.5. The van der Waals surface area contributed by atoms with Crippen molar-refractivity contribution in [2.24, 2.45) is 0 Å². The van der Waals surface area contributed by atoms with Crippen LogP contribution < -0.4 is 25.1 Å². The van der Waals surface area contributed by atoms with Gasteiger partial charge in [0.15, 0.2) is 11.5 Å². The molecule has 3 aromatic rings. The molecule has 0 bridgehead atoms. The summed E-state index contributed by atoms with van der Waals surface area (Å²) in [6.07, 6.45) is 2.64. The monoisotopic (exact) mass is 469 g/mol. The average Bonchev–Trinajstić information content (AvgIpc) is 2.87. The highest BCUT2D eigenvalue weighted by Crippen LogP contribution is 2.29. The van der Waals surface area contributed by atoms with Gasteiger partial charge in [-0.05, 0) is 25.1 Å². The van der Waals surface area contributed by atoms with Crippen LogP contribution in [0, 0.1) is 0 Å². The molecule has 4 heterocycles. The Bertz CT molecular complexity index is 1220. The van der Waals surface area contributed by atoms with Crippen molar-refractivity contribution in [2.45, 2.75) is 31.7 Å². The number of rotatable bonds is 7. The van der Waals surface area contributed by atoms with Crippen molar-refractivity contribution in [1.29, 1.82) is 0 Å². The lowest BCUT2D eigenvalue weighted by atomic mass is 10.0. The number of aromatic nitrogens is 3. The number of likely N-dealkylation sites (tertiary alicyclic amines) is 1. The number of fused-ring (bicyclic) bond motifs is 2. The van der Waals surface area contributed by atoms with Gasteiger partial charge in [0.25, 0.3) is 5.56 Å². The van der Waals surface area contributed by atoms with E-state index in [-0.39, 0.29) is 11.6 Å². The number of methoxy groups -OCH3 is 1. The summed E-state index contributed by atoms with van der Waals surface area (Å²) >= 11 is 0. The molecule has 2 atom stereocenters. The molecule has 180 valence electrons. The lowest BCUT2D eigenvalue weighted by Crippen LogP contribution is -2.51. The maximum atomic E-state index is 15.0. The summed E-state index contributed by atoms with van der Waals surface area (Å²) < 4.78 is 33.0.